The van der Waals surface area contributed by atoms with Gasteiger partial charge in [0.15, 0.2) is 0 Å². The summed E-state index contributed by atoms with van der Waals surface area (Å²) in [6.45, 7) is 2.08. The Balaban J connectivity index is 2.88. The minimum absolute atomic E-state index is 1.20. The second-order valence-corrected chi connectivity index (χ2v) is 3.11. The minimum Gasteiger partial charge on any atom is -0.106 e. The fraction of sp³-hybridized carbons (Fsp3) is 0.143. The average molecular weight is 156 g/mol. The summed E-state index contributed by atoms with van der Waals surface area (Å²) in [6.07, 6.45) is 0. The molecular formula is C7H8S2. The number of thiol groups is 1. The Labute approximate surface area is 64.5 Å². The molecule has 0 unspecified atom stereocenters. The summed E-state index contributed by atoms with van der Waals surface area (Å²) in [4.78, 5) is 1.20. The van der Waals surface area contributed by atoms with Crippen molar-refractivity contribution in [2.75, 3.05) is 0 Å². The van der Waals surface area contributed by atoms with Gasteiger partial charge in [0.25, 0.3) is 0 Å². The van der Waals surface area contributed by atoms with E-state index in [-0.39, 0.29) is 0 Å². The first-order chi connectivity index (χ1) is 4.33. The maximum Gasteiger partial charge on any atom is 0.0180 e. The van der Waals surface area contributed by atoms with E-state index < -0.39 is 0 Å². The largest absolute Gasteiger partial charge is 0.106 e. The van der Waals surface area contributed by atoms with E-state index in [0.29, 0.717) is 0 Å². The van der Waals surface area contributed by atoms with Crippen molar-refractivity contribution in [3.8, 4) is 0 Å². The van der Waals surface area contributed by atoms with Crippen LogP contribution in [0.25, 0.3) is 0 Å². The molecule has 0 amide bonds. The molecule has 0 aliphatic carbocycles. The standard InChI is InChI=1S/C7H8S2/c1-6-2-4-7(9-8)5-3-6/h2-5,8H,1H3. The summed E-state index contributed by atoms with van der Waals surface area (Å²) in [6, 6.07) is 8.29. The third kappa shape index (κ3) is 1.95. The molecule has 1 aromatic rings. The first-order valence-electron chi connectivity index (χ1n) is 2.71. The molecule has 0 atom stereocenters. The lowest BCUT2D eigenvalue weighted by Crippen LogP contribution is -1.68. The molecule has 0 aromatic heterocycles. The highest BCUT2D eigenvalue weighted by Gasteiger charge is 1.86. The fourth-order valence-electron chi connectivity index (χ4n) is 0.599. The van der Waals surface area contributed by atoms with Gasteiger partial charge in [-0.3, -0.25) is 0 Å². The van der Waals surface area contributed by atoms with E-state index >= 15 is 0 Å². The predicted octanol–water partition coefficient (Wildman–Crippen LogP) is 2.93. The van der Waals surface area contributed by atoms with Crippen molar-refractivity contribution in [3.63, 3.8) is 0 Å². The van der Waals surface area contributed by atoms with Gasteiger partial charge in [-0.1, -0.05) is 28.5 Å². The van der Waals surface area contributed by atoms with E-state index in [1.54, 1.807) is 0 Å². The van der Waals surface area contributed by atoms with Gasteiger partial charge in [-0.2, -0.15) is 0 Å². The lowest BCUT2D eigenvalue weighted by molar-refractivity contribution is 1.38. The number of aryl methyl sites for hydroxylation is 1. The first kappa shape index (κ1) is 7.03. The summed E-state index contributed by atoms with van der Waals surface area (Å²) in [5.41, 5.74) is 1.29. The number of hydrogen-bond donors (Lipinski definition) is 1. The highest BCUT2D eigenvalue weighted by molar-refractivity contribution is 8.68. The molecule has 0 aliphatic rings. The Kier molecular flexibility index (Phi) is 2.49. The van der Waals surface area contributed by atoms with Crippen molar-refractivity contribution in [3.05, 3.63) is 29.8 Å². The van der Waals surface area contributed by atoms with Crippen LogP contribution >= 0.6 is 22.5 Å². The Morgan fingerprint density at radius 1 is 1.22 bits per heavy atom. The van der Waals surface area contributed by atoms with Gasteiger partial charge in [-0.05, 0) is 19.1 Å². The number of rotatable bonds is 1. The Bertz CT molecular complexity index is 179. The van der Waals surface area contributed by atoms with Crippen molar-refractivity contribution in [2.45, 2.75) is 11.8 Å². The van der Waals surface area contributed by atoms with Crippen molar-refractivity contribution in [1.82, 2.24) is 0 Å². The van der Waals surface area contributed by atoms with Gasteiger partial charge >= 0.3 is 0 Å². The summed E-state index contributed by atoms with van der Waals surface area (Å²) in [7, 11) is 1.47. The van der Waals surface area contributed by atoms with Gasteiger partial charge in [-0.25, -0.2) is 0 Å². The van der Waals surface area contributed by atoms with E-state index in [0.717, 1.165) is 0 Å². The van der Waals surface area contributed by atoms with Crippen molar-refractivity contribution in [1.29, 1.82) is 0 Å². The Hall–Kier alpha value is -0.0800. The average Bonchev–Trinajstić information content (AvgIpc) is 1.90. The van der Waals surface area contributed by atoms with Gasteiger partial charge in [0.2, 0.25) is 0 Å². The monoisotopic (exact) mass is 156 g/mol. The highest BCUT2D eigenvalue weighted by Crippen LogP contribution is 2.20. The van der Waals surface area contributed by atoms with Gasteiger partial charge in [0.1, 0.15) is 0 Å². The predicted molar refractivity (Wildman–Crippen MR) is 46.0 cm³/mol. The molecule has 1 rings (SSSR count). The van der Waals surface area contributed by atoms with E-state index in [4.69, 9.17) is 0 Å². The molecule has 0 nitrogen and oxygen atoms in total. The van der Waals surface area contributed by atoms with E-state index in [1.807, 2.05) is 0 Å². The minimum atomic E-state index is 1.20. The van der Waals surface area contributed by atoms with Crippen molar-refractivity contribution >= 4 is 22.5 Å². The maximum atomic E-state index is 4.06. The van der Waals surface area contributed by atoms with Crippen molar-refractivity contribution in [2.24, 2.45) is 0 Å². The zero-order valence-corrected chi connectivity index (χ0v) is 6.88. The van der Waals surface area contributed by atoms with Crippen LogP contribution < -0.4 is 0 Å². The van der Waals surface area contributed by atoms with E-state index in [9.17, 15) is 0 Å². The van der Waals surface area contributed by atoms with Gasteiger partial charge in [-0.15, -0.1) is 11.7 Å². The van der Waals surface area contributed by atoms with Gasteiger partial charge in [0, 0.05) is 4.90 Å². The third-order valence-corrected chi connectivity index (χ3v) is 2.24. The van der Waals surface area contributed by atoms with Gasteiger partial charge in [0.05, 0.1) is 0 Å². The summed E-state index contributed by atoms with van der Waals surface area (Å²) in [5.74, 6) is 0. The van der Waals surface area contributed by atoms with Crippen LogP contribution in [0.15, 0.2) is 29.2 Å². The molecule has 0 spiro atoms. The zero-order valence-electron chi connectivity index (χ0n) is 5.16. The summed E-state index contributed by atoms with van der Waals surface area (Å²) >= 11 is 4.06. The molecule has 0 fully saturated rings. The topological polar surface area (TPSA) is 0 Å². The molecule has 0 radical (unpaired) electrons. The molecule has 0 bridgehead atoms. The van der Waals surface area contributed by atoms with Crippen LogP contribution in [0.1, 0.15) is 5.56 Å². The van der Waals surface area contributed by atoms with Crippen LogP contribution in [-0.2, 0) is 0 Å². The third-order valence-electron chi connectivity index (χ3n) is 1.13. The van der Waals surface area contributed by atoms with Crippen LogP contribution in [0.3, 0.4) is 0 Å². The van der Waals surface area contributed by atoms with Crippen molar-refractivity contribution < 1.29 is 0 Å². The van der Waals surface area contributed by atoms with E-state index in [1.165, 1.54) is 21.3 Å². The zero-order chi connectivity index (χ0) is 6.69. The molecule has 0 heterocycles. The second kappa shape index (κ2) is 3.18. The van der Waals surface area contributed by atoms with Crippen LogP contribution in [0.2, 0.25) is 0 Å². The normalized spacial score (nSPS) is 9.56. The molecule has 0 aliphatic heterocycles. The molecule has 48 valence electrons. The Morgan fingerprint density at radius 3 is 2.22 bits per heavy atom. The lowest BCUT2D eigenvalue weighted by Gasteiger charge is -1.93. The number of hydrogen-bond acceptors (Lipinski definition) is 2. The molecular weight excluding hydrogens is 148 g/mol. The van der Waals surface area contributed by atoms with Crippen LogP contribution in [0.4, 0.5) is 0 Å². The fourth-order valence-corrected chi connectivity index (χ4v) is 1.22. The van der Waals surface area contributed by atoms with Crippen LogP contribution in [0.5, 0.6) is 0 Å². The van der Waals surface area contributed by atoms with E-state index in [2.05, 4.69) is 42.9 Å². The number of benzene rings is 1. The second-order valence-electron chi connectivity index (χ2n) is 1.90. The molecule has 0 saturated heterocycles. The molecule has 0 N–H and O–H groups in total. The molecule has 0 saturated carbocycles. The quantitative estimate of drug-likeness (QED) is 0.482. The smallest absolute Gasteiger partial charge is 0.0180 e. The molecule has 1 aromatic carbocycles. The SMILES string of the molecule is Cc1ccc(SS)cc1. The summed E-state index contributed by atoms with van der Waals surface area (Å²) in [5, 5.41) is 0. The van der Waals surface area contributed by atoms with Gasteiger partial charge < -0.3 is 0 Å². The first-order valence-corrected chi connectivity index (χ1v) is 4.58. The molecule has 2 heteroatoms. The highest BCUT2D eigenvalue weighted by atomic mass is 33.1. The maximum absolute atomic E-state index is 4.06. The van der Waals surface area contributed by atoms with Crippen LogP contribution in [-0.4, -0.2) is 0 Å². The summed E-state index contributed by atoms with van der Waals surface area (Å²) < 4.78 is 0. The molecule has 9 heavy (non-hydrogen) atoms. The van der Waals surface area contributed by atoms with Crippen LogP contribution in [0, 0.1) is 6.92 Å². The lowest BCUT2D eigenvalue weighted by atomic mass is 10.2. The Morgan fingerprint density at radius 2 is 1.78 bits per heavy atom.